The van der Waals surface area contributed by atoms with Crippen molar-refractivity contribution in [3.8, 4) is 5.75 Å². The average Bonchev–Trinajstić information content (AvgIpc) is 0.971. The van der Waals surface area contributed by atoms with Crippen LogP contribution in [0.25, 0.3) is 0 Å². The van der Waals surface area contributed by atoms with Crippen LogP contribution in [-0.2, 0) is 79.9 Å². The molecular formula is C77H111F5N12O16. The molecule has 3 aromatic carbocycles. The van der Waals surface area contributed by atoms with Gasteiger partial charge in [-0.3, -0.25) is 52.8 Å². The number of likely N-dealkylation sites (tertiary alicyclic amines) is 2. The van der Waals surface area contributed by atoms with Crippen LogP contribution in [-0.4, -0.2) is 227 Å². The number of hydrogen-bond donors (Lipinski definition) is 8. The second-order valence-corrected chi connectivity index (χ2v) is 29.1. The van der Waals surface area contributed by atoms with E-state index in [0.29, 0.717) is 42.6 Å². The number of piperidine rings is 1. The Hall–Kier alpha value is -9.18. The van der Waals surface area contributed by atoms with Gasteiger partial charge in [0.1, 0.15) is 43.4 Å². The molecule has 2 saturated heterocycles. The fourth-order valence-corrected chi connectivity index (χ4v) is 13.7. The third-order valence-electron chi connectivity index (χ3n) is 19.9. The summed E-state index contributed by atoms with van der Waals surface area (Å²) < 4.78 is 96.8. The lowest BCUT2D eigenvalue weighted by Crippen LogP contribution is -2.59. The van der Waals surface area contributed by atoms with Crippen LogP contribution in [0.4, 0.5) is 32.4 Å². The molecule has 0 spiro atoms. The quantitative estimate of drug-likeness (QED) is 0.00653. The van der Waals surface area contributed by atoms with E-state index >= 15 is 0 Å². The zero-order chi connectivity index (χ0) is 82.0. The van der Waals surface area contributed by atoms with E-state index < -0.39 is 174 Å². The van der Waals surface area contributed by atoms with E-state index in [0.717, 1.165) is 5.56 Å². The Morgan fingerprint density at radius 2 is 1.27 bits per heavy atom. The molecule has 28 nitrogen and oxygen atoms in total. The molecule has 9 N–H and O–H groups in total. The number of ether oxygens (including phenoxy) is 5. The predicted octanol–water partition coefficient (Wildman–Crippen LogP) is 5.57. The number of hydrogen-bond acceptors (Lipinski definition) is 17. The summed E-state index contributed by atoms with van der Waals surface area (Å²) in [5.41, 5.74) is 7.55. The SMILES string of the molecule is C=C(C)[C@@H](C(=O)N[C@H](C(=O)N(C)[C@@H]([C@@H](C)CC)[C@@H](CC(=O)N1CCC[C@H]1[C@H](OC)[C@@H](C)C(=O)N[C@@H](Cc1ccccc1)C(=O)NCc1ccc(NC(=O)[C@H](CCCNC(N)=O)NC(=O)[C@@H](NC(=O)COCCOCC(=O)N2CCC(C(=O)Oc3c(F)c(F)c(F)c(F)c3F)CC2C)C(C)C)cc1)OC)C(C)C)N(C)C. The molecule has 0 radical (unpaired) electrons. The zero-order valence-corrected chi connectivity index (χ0v) is 65.4. The van der Waals surface area contributed by atoms with E-state index in [4.69, 9.17) is 24.7 Å². The van der Waals surface area contributed by atoms with Crippen LogP contribution in [0.1, 0.15) is 125 Å². The van der Waals surface area contributed by atoms with Gasteiger partial charge in [0.25, 0.3) is 0 Å². The molecule has 2 aliphatic rings. The molecule has 33 heteroatoms. The summed E-state index contributed by atoms with van der Waals surface area (Å²) in [7, 11) is 8.17. The molecular weight excluding hydrogens is 1440 g/mol. The normalized spacial score (nSPS) is 17.8. The van der Waals surface area contributed by atoms with Crippen molar-refractivity contribution in [2.45, 2.75) is 187 Å². The van der Waals surface area contributed by atoms with Gasteiger partial charge in [-0.25, -0.2) is 18.0 Å². The predicted molar refractivity (Wildman–Crippen MR) is 397 cm³/mol. The maximum atomic E-state index is 14.7. The molecule has 2 unspecified atom stereocenters. The summed E-state index contributed by atoms with van der Waals surface area (Å²) in [6.07, 6.45) is 0.295. The molecule has 610 valence electrons. The average molecular weight is 1560 g/mol. The van der Waals surface area contributed by atoms with Crippen LogP contribution in [0.2, 0.25) is 0 Å². The number of urea groups is 1. The Labute approximate surface area is 640 Å². The lowest BCUT2D eigenvalue weighted by molar-refractivity contribution is -0.148. The Morgan fingerprint density at radius 3 is 1.84 bits per heavy atom. The number of halogens is 5. The number of primary amides is 1. The smallest absolute Gasteiger partial charge is 0.314 e. The molecule has 3 aromatic rings. The van der Waals surface area contributed by atoms with Gasteiger partial charge in [-0.05, 0) is 107 Å². The maximum Gasteiger partial charge on any atom is 0.314 e. The van der Waals surface area contributed by atoms with E-state index in [1.54, 1.807) is 94.7 Å². The highest BCUT2D eigenvalue weighted by Crippen LogP contribution is 2.34. The van der Waals surface area contributed by atoms with Gasteiger partial charge in [-0.2, -0.15) is 8.78 Å². The van der Waals surface area contributed by atoms with Crippen molar-refractivity contribution in [2.75, 3.05) is 86.7 Å². The lowest BCUT2D eigenvalue weighted by Gasteiger charge is -2.41. The molecule has 0 bridgehead atoms. The van der Waals surface area contributed by atoms with Gasteiger partial charge < -0.3 is 81.3 Å². The standard InChI is InChI=1S/C77H111F5N12O16/c1-16-45(8)67(92(13)75(103)65(43(4)5)90-74(102)66(44(6)7)91(11)12)55(106-14)38-57(96)94-32-21-25-54(94)68(107-15)47(10)70(98)88-53(37-48-22-18-17-19-23-48)71(99)85-39-49-26-28-51(29-27-49)86-72(100)52(24-20-31-84-77(83)105)87-73(101)64(42(2)3)89-56(95)40-108-34-35-109-41-58(97)93-33-30-50(36-46(93)9)76(104)110-69-62(81)60(79)59(78)61(80)63(69)82/h17-19,22-23,26-29,42-43,45-47,50,52-55,64-68H,6,16,20-21,24-25,30-41H2,1-5,7-15H3,(H,85,99)(H,86,100)(H,87,101)(H,88,98)(H,89,95)(H,90,102)(H3,83,84,105)/t45-,46?,47+,50?,52-,53-,54-,55+,64-,65-,66-,67-,68+/m0/s1. The Bertz CT molecular complexity index is 3630. The topological polar surface area (TPSA) is 357 Å². The highest BCUT2D eigenvalue weighted by atomic mass is 19.2. The molecule has 0 aromatic heterocycles. The summed E-state index contributed by atoms with van der Waals surface area (Å²) >= 11 is 0. The van der Waals surface area contributed by atoms with Crippen LogP contribution in [0.5, 0.6) is 5.75 Å². The van der Waals surface area contributed by atoms with E-state index in [9.17, 15) is 74.7 Å². The van der Waals surface area contributed by atoms with Gasteiger partial charge in [-0.15, -0.1) is 0 Å². The van der Waals surface area contributed by atoms with Crippen molar-refractivity contribution in [2.24, 2.45) is 35.3 Å². The van der Waals surface area contributed by atoms with Crippen LogP contribution < -0.4 is 47.7 Å². The van der Waals surface area contributed by atoms with Crippen LogP contribution in [0.3, 0.4) is 0 Å². The number of nitrogens with one attached hydrogen (secondary N) is 7. The number of rotatable bonds is 42. The lowest BCUT2D eigenvalue weighted by atomic mass is 9.89. The Balaban J connectivity index is 1.15. The van der Waals surface area contributed by atoms with Gasteiger partial charge in [0, 0.05) is 65.6 Å². The molecule has 13 atom stereocenters. The van der Waals surface area contributed by atoms with Crippen molar-refractivity contribution in [1.82, 2.24) is 51.5 Å². The second kappa shape index (κ2) is 44.0. The Morgan fingerprint density at radius 1 is 0.664 bits per heavy atom. The molecule has 0 saturated carbocycles. The number of amides is 11. The number of carbonyl (C=O) groups is 11. The highest BCUT2D eigenvalue weighted by molar-refractivity contribution is 5.99. The summed E-state index contributed by atoms with van der Waals surface area (Å²) in [5, 5.41) is 19.4. The number of nitrogens with zero attached hydrogens (tertiary/aromatic N) is 4. The molecule has 110 heavy (non-hydrogen) atoms. The summed E-state index contributed by atoms with van der Waals surface area (Å²) in [6.45, 7) is 19.0. The van der Waals surface area contributed by atoms with Gasteiger partial charge in [-0.1, -0.05) is 110 Å². The fourth-order valence-electron chi connectivity index (χ4n) is 13.7. The molecule has 2 fully saturated rings. The molecule has 0 aliphatic carbocycles. The third kappa shape index (κ3) is 26.0. The number of benzene rings is 3. The molecule has 11 amide bonds. The van der Waals surface area contributed by atoms with E-state index in [1.807, 2.05) is 58.0 Å². The minimum atomic E-state index is -2.41. The number of anilines is 1. The molecule has 5 rings (SSSR count). The van der Waals surface area contributed by atoms with Crippen LogP contribution in [0, 0.1) is 58.7 Å². The van der Waals surface area contributed by atoms with Crippen LogP contribution in [0.15, 0.2) is 66.7 Å². The minimum Gasteiger partial charge on any atom is -0.420 e. The molecule has 2 heterocycles. The number of methoxy groups -OCH3 is 2. The van der Waals surface area contributed by atoms with Gasteiger partial charge in [0.2, 0.25) is 88.0 Å². The van der Waals surface area contributed by atoms with Crippen molar-refractivity contribution in [1.29, 1.82) is 0 Å². The summed E-state index contributed by atoms with van der Waals surface area (Å²) in [5.74, 6) is -21.9. The zero-order valence-electron chi connectivity index (χ0n) is 65.4. The number of carbonyl (C=O) groups excluding carboxylic acids is 11. The number of likely N-dealkylation sites (N-methyl/N-ethyl adjacent to an activating group) is 2. The minimum absolute atomic E-state index is 0.00594. The number of esters is 1. The first kappa shape index (κ1) is 91.4. The first-order valence-electron chi connectivity index (χ1n) is 37.0. The van der Waals surface area contributed by atoms with Crippen molar-refractivity contribution in [3.63, 3.8) is 0 Å². The Kier molecular flexibility index (Phi) is 36.6. The maximum absolute atomic E-state index is 14.7. The van der Waals surface area contributed by atoms with E-state index in [2.05, 4.69) is 48.5 Å². The fraction of sp³-hybridized carbons (Fsp3) is 0.597. The molecule has 2 aliphatic heterocycles. The highest BCUT2D eigenvalue weighted by Gasteiger charge is 2.45. The van der Waals surface area contributed by atoms with Crippen molar-refractivity contribution >= 4 is 70.9 Å². The first-order chi connectivity index (χ1) is 52.0. The first-order valence-corrected chi connectivity index (χ1v) is 37.0. The van der Waals surface area contributed by atoms with Gasteiger partial charge in [0.05, 0.1) is 55.8 Å². The monoisotopic (exact) mass is 1550 g/mol. The largest absolute Gasteiger partial charge is 0.420 e. The van der Waals surface area contributed by atoms with Crippen molar-refractivity contribution in [3.05, 3.63) is 107 Å². The van der Waals surface area contributed by atoms with E-state index in [1.165, 1.54) is 19.1 Å². The van der Waals surface area contributed by atoms with E-state index in [-0.39, 0.29) is 101 Å². The second-order valence-electron chi connectivity index (χ2n) is 29.1. The summed E-state index contributed by atoms with van der Waals surface area (Å²) in [6, 6.07) is 8.02. The van der Waals surface area contributed by atoms with Crippen molar-refractivity contribution < 1.29 is 98.4 Å². The summed E-state index contributed by atoms with van der Waals surface area (Å²) in [4.78, 5) is 156. The van der Waals surface area contributed by atoms with Crippen LogP contribution >= 0.6 is 0 Å². The number of nitrogens with two attached hydrogens (primary N) is 1. The van der Waals surface area contributed by atoms with Gasteiger partial charge >= 0.3 is 12.0 Å². The van der Waals surface area contributed by atoms with Gasteiger partial charge in [0.15, 0.2) is 0 Å². The third-order valence-corrected chi connectivity index (χ3v) is 19.9.